The number of carboxylic acids is 1. The predicted molar refractivity (Wildman–Crippen MR) is 73.1 cm³/mol. The van der Waals surface area contributed by atoms with Crippen LogP contribution in [0.15, 0.2) is 10.5 Å². The Hall–Kier alpha value is -1.03. The average molecular weight is 313 g/mol. The second kappa shape index (κ2) is 4.57. The Morgan fingerprint density at radius 2 is 1.89 bits per heavy atom. The van der Waals surface area contributed by atoms with Crippen molar-refractivity contribution < 1.29 is 15.0 Å². The lowest BCUT2D eigenvalue weighted by Crippen LogP contribution is -2.32. The van der Waals surface area contributed by atoms with Crippen LogP contribution >= 0.6 is 15.9 Å². The van der Waals surface area contributed by atoms with Gasteiger partial charge in [0.25, 0.3) is 0 Å². The topological polar surface area (TPSA) is 57.5 Å². The molecule has 0 amide bonds. The van der Waals surface area contributed by atoms with E-state index in [9.17, 15) is 15.0 Å². The fourth-order valence-electron chi connectivity index (χ4n) is 2.80. The number of hydrogen-bond acceptors (Lipinski definition) is 2. The Labute approximate surface area is 115 Å². The zero-order chi connectivity index (χ0) is 13.5. The number of halogens is 1. The molecule has 1 fully saturated rings. The molecule has 0 spiro atoms. The van der Waals surface area contributed by atoms with Crippen molar-refractivity contribution >= 4 is 21.9 Å². The highest BCUT2D eigenvalue weighted by atomic mass is 79.9. The number of phenols is 1. The van der Waals surface area contributed by atoms with Crippen molar-refractivity contribution in [1.82, 2.24) is 0 Å². The highest BCUT2D eigenvalue weighted by molar-refractivity contribution is 9.10. The average Bonchev–Trinajstić information content (AvgIpc) is 2.81. The van der Waals surface area contributed by atoms with Gasteiger partial charge in [-0.05, 0) is 53.7 Å². The van der Waals surface area contributed by atoms with Crippen molar-refractivity contribution in [2.45, 2.75) is 44.9 Å². The summed E-state index contributed by atoms with van der Waals surface area (Å²) in [6.45, 7) is 3.85. The Morgan fingerprint density at radius 1 is 1.33 bits per heavy atom. The standard InChI is InChI=1S/C14H17BrO3/c1-8-7-10(12(16)11(15)9(8)2)14(13(17)18)5-3-4-6-14/h7,16H,3-6H2,1-2H3,(H,17,18). The van der Waals surface area contributed by atoms with Crippen LogP contribution in [0.3, 0.4) is 0 Å². The summed E-state index contributed by atoms with van der Waals surface area (Å²) in [5.41, 5.74) is 1.60. The molecule has 1 saturated carbocycles. The first-order valence-electron chi connectivity index (χ1n) is 6.12. The highest BCUT2D eigenvalue weighted by Crippen LogP contribution is 2.47. The van der Waals surface area contributed by atoms with Crippen LogP contribution in [0, 0.1) is 13.8 Å². The van der Waals surface area contributed by atoms with Gasteiger partial charge in [0.1, 0.15) is 5.75 Å². The minimum Gasteiger partial charge on any atom is -0.506 e. The largest absolute Gasteiger partial charge is 0.506 e. The van der Waals surface area contributed by atoms with Gasteiger partial charge in [-0.2, -0.15) is 0 Å². The molecule has 0 atom stereocenters. The summed E-state index contributed by atoms with van der Waals surface area (Å²) in [4.78, 5) is 11.7. The van der Waals surface area contributed by atoms with Gasteiger partial charge in [-0.25, -0.2) is 0 Å². The number of phenolic OH excluding ortho intramolecular Hbond substituents is 1. The zero-order valence-electron chi connectivity index (χ0n) is 10.6. The van der Waals surface area contributed by atoms with Crippen LogP contribution < -0.4 is 0 Å². The van der Waals surface area contributed by atoms with E-state index in [0.717, 1.165) is 24.0 Å². The summed E-state index contributed by atoms with van der Waals surface area (Å²) in [7, 11) is 0. The molecular formula is C14H17BrO3. The van der Waals surface area contributed by atoms with E-state index in [2.05, 4.69) is 15.9 Å². The molecule has 98 valence electrons. The Kier molecular flexibility index (Phi) is 3.41. The van der Waals surface area contributed by atoms with Gasteiger partial charge in [0.2, 0.25) is 0 Å². The molecule has 1 aromatic rings. The molecule has 3 nitrogen and oxygen atoms in total. The summed E-state index contributed by atoms with van der Waals surface area (Å²) < 4.78 is 0.616. The van der Waals surface area contributed by atoms with Gasteiger partial charge in [-0.15, -0.1) is 0 Å². The van der Waals surface area contributed by atoms with Crippen molar-refractivity contribution in [3.63, 3.8) is 0 Å². The number of carboxylic acid groups (broad SMARTS) is 1. The number of carbonyl (C=O) groups is 1. The number of hydrogen-bond donors (Lipinski definition) is 2. The van der Waals surface area contributed by atoms with Gasteiger partial charge in [-0.1, -0.05) is 18.9 Å². The molecule has 0 heterocycles. The third-order valence-corrected chi connectivity index (χ3v) is 5.10. The van der Waals surface area contributed by atoms with E-state index in [1.165, 1.54) is 0 Å². The third-order valence-electron chi connectivity index (χ3n) is 4.13. The minimum absolute atomic E-state index is 0.0856. The molecule has 0 unspecified atom stereocenters. The minimum atomic E-state index is -0.912. The summed E-state index contributed by atoms with van der Waals surface area (Å²) in [6.07, 6.45) is 3.00. The van der Waals surface area contributed by atoms with Gasteiger partial charge in [0.05, 0.1) is 9.89 Å². The number of benzene rings is 1. The first-order valence-corrected chi connectivity index (χ1v) is 6.92. The normalized spacial score (nSPS) is 17.9. The van der Waals surface area contributed by atoms with E-state index in [4.69, 9.17) is 0 Å². The first kappa shape index (κ1) is 13.4. The molecule has 1 aromatic carbocycles. The lowest BCUT2D eigenvalue weighted by molar-refractivity contribution is -0.143. The van der Waals surface area contributed by atoms with Gasteiger partial charge in [0.15, 0.2) is 0 Å². The maximum absolute atomic E-state index is 11.7. The van der Waals surface area contributed by atoms with Crippen LogP contribution in [-0.2, 0) is 10.2 Å². The molecule has 1 aliphatic carbocycles. The zero-order valence-corrected chi connectivity index (χ0v) is 12.2. The summed E-state index contributed by atoms with van der Waals surface area (Å²) >= 11 is 3.36. The quantitative estimate of drug-likeness (QED) is 0.876. The van der Waals surface area contributed by atoms with E-state index in [1.807, 2.05) is 19.9 Å². The molecule has 1 aliphatic rings. The maximum atomic E-state index is 11.7. The third kappa shape index (κ3) is 1.83. The molecule has 18 heavy (non-hydrogen) atoms. The SMILES string of the molecule is Cc1cc(C2(C(=O)O)CCCC2)c(O)c(Br)c1C. The Morgan fingerprint density at radius 3 is 2.39 bits per heavy atom. The lowest BCUT2D eigenvalue weighted by Gasteiger charge is -2.27. The van der Waals surface area contributed by atoms with Crippen molar-refractivity contribution in [1.29, 1.82) is 0 Å². The van der Waals surface area contributed by atoms with Crippen LogP contribution in [0.2, 0.25) is 0 Å². The number of aryl methyl sites for hydroxylation is 1. The molecule has 0 aliphatic heterocycles. The van der Waals surface area contributed by atoms with E-state index in [1.54, 1.807) is 0 Å². The number of rotatable bonds is 2. The van der Waals surface area contributed by atoms with Crippen LogP contribution in [0.5, 0.6) is 5.75 Å². The van der Waals surface area contributed by atoms with Crippen LogP contribution in [0.4, 0.5) is 0 Å². The van der Waals surface area contributed by atoms with Gasteiger partial charge < -0.3 is 10.2 Å². The second-order valence-electron chi connectivity index (χ2n) is 5.12. The highest BCUT2D eigenvalue weighted by Gasteiger charge is 2.45. The smallest absolute Gasteiger partial charge is 0.314 e. The molecule has 0 saturated heterocycles. The summed E-state index contributed by atoms with van der Waals surface area (Å²) in [5, 5.41) is 19.8. The molecule has 0 radical (unpaired) electrons. The molecule has 0 aromatic heterocycles. The number of aliphatic carboxylic acids is 1. The van der Waals surface area contributed by atoms with E-state index in [0.29, 0.717) is 22.9 Å². The predicted octanol–water partition coefficient (Wildman–Crippen LogP) is 3.67. The fraction of sp³-hybridized carbons (Fsp3) is 0.500. The van der Waals surface area contributed by atoms with Crippen molar-refractivity contribution in [3.8, 4) is 5.75 Å². The Bertz CT molecular complexity index is 502. The monoisotopic (exact) mass is 312 g/mol. The van der Waals surface area contributed by atoms with Gasteiger partial charge in [0, 0.05) is 5.56 Å². The van der Waals surface area contributed by atoms with Crippen LogP contribution in [0.1, 0.15) is 42.4 Å². The van der Waals surface area contributed by atoms with Gasteiger partial charge in [-0.3, -0.25) is 4.79 Å². The van der Waals surface area contributed by atoms with E-state index >= 15 is 0 Å². The molecule has 4 heteroatoms. The second-order valence-corrected chi connectivity index (χ2v) is 5.92. The molecule has 2 N–H and O–H groups in total. The molecule has 0 bridgehead atoms. The van der Waals surface area contributed by atoms with Crippen molar-refractivity contribution in [2.75, 3.05) is 0 Å². The first-order chi connectivity index (χ1) is 8.40. The fourth-order valence-corrected chi connectivity index (χ4v) is 3.33. The number of aromatic hydroxyl groups is 1. The van der Waals surface area contributed by atoms with Crippen LogP contribution in [-0.4, -0.2) is 16.2 Å². The summed E-state index contributed by atoms with van der Waals surface area (Å²) in [6, 6.07) is 1.83. The van der Waals surface area contributed by atoms with Crippen molar-refractivity contribution in [2.24, 2.45) is 0 Å². The van der Waals surface area contributed by atoms with Gasteiger partial charge >= 0.3 is 5.97 Å². The van der Waals surface area contributed by atoms with E-state index < -0.39 is 11.4 Å². The Balaban J connectivity index is 2.67. The maximum Gasteiger partial charge on any atom is 0.314 e. The molecular weight excluding hydrogens is 296 g/mol. The van der Waals surface area contributed by atoms with Crippen LogP contribution in [0.25, 0.3) is 0 Å². The summed E-state index contributed by atoms with van der Waals surface area (Å²) in [5.74, 6) is -0.743. The van der Waals surface area contributed by atoms with E-state index in [-0.39, 0.29) is 5.75 Å². The van der Waals surface area contributed by atoms with Crippen molar-refractivity contribution in [3.05, 3.63) is 27.2 Å². The molecule has 2 rings (SSSR count). The lowest BCUT2D eigenvalue weighted by atomic mass is 9.77.